The molecule has 0 saturated heterocycles. The van der Waals surface area contributed by atoms with Gasteiger partial charge in [0.05, 0.1) is 5.56 Å². The summed E-state index contributed by atoms with van der Waals surface area (Å²) >= 11 is 0. The Bertz CT molecular complexity index is 547. The van der Waals surface area contributed by atoms with Crippen LogP contribution in [0.5, 0.6) is 5.75 Å². The van der Waals surface area contributed by atoms with Crippen LogP contribution in [-0.2, 0) is 11.2 Å². The van der Waals surface area contributed by atoms with E-state index in [-0.39, 0.29) is 5.78 Å². The average molecular weight is 240 g/mol. The maximum absolute atomic E-state index is 12.1. The SMILES string of the molecule is O=COc1ccccc1C(=O)Cc1ccccc1. The van der Waals surface area contributed by atoms with E-state index < -0.39 is 0 Å². The number of carbonyl (C=O) groups excluding carboxylic acids is 2. The molecule has 3 heteroatoms. The first-order valence-electron chi connectivity index (χ1n) is 5.57. The van der Waals surface area contributed by atoms with E-state index in [0.717, 1.165) is 5.56 Å². The summed E-state index contributed by atoms with van der Waals surface area (Å²) in [6.07, 6.45) is 0.292. The van der Waals surface area contributed by atoms with Gasteiger partial charge in [-0.15, -0.1) is 0 Å². The lowest BCUT2D eigenvalue weighted by molar-refractivity contribution is -0.120. The van der Waals surface area contributed by atoms with Gasteiger partial charge in [0, 0.05) is 6.42 Å². The molecule has 18 heavy (non-hydrogen) atoms. The number of para-hydroxylation sites is 1. The fourth-order valence-corrected chi connectivity index (χ4v) is 1.73. The first-order chi connectivity index (χ1) is 8.81. The van der Waals surface area contributed by atoms with Crippen molar-refractivity contribution >= 4 is 12.3 Å². The number of hydrogen-bond acceptors (Lipinski definition) is 3. The van der Waals surface area contributed by atoms with Crippen molar-refractivity contribution in [3.8, 4) is 5.75 Å². The number of Topliss-reactive ketones (excluding diaryl/α,β-unsaturated/α-hetero) is 1. The van der Waals surface area contributed by atoms with Crippen LogP contribution in [0.25, 0.3) is 0 Å². The second-order valence-corrected chi connectivity index (χ2v) is 3.80. The van der Waals surface area contributed by atoms with Gasteiger partial charge in [-0.05, 0) is 17.7 Å². The van der Waals surface area contributed by atoms with Gasteiger partial charge in [-0.1, -0.05) is 42.5 Å². The van der Waals surface area contributed by atoms with Crippen molar-refractivity contribution in [3.63, 3.8) is 0 Å². The van der Waals surface area contributed by atoms with Gasteiger partial charge in [-0.25, -0.2) is 0 Å². The summed E-state index contributed by atoms with van der Waals surface area (Å²) in [5.74, 6) is 0.229. The van der Waals surface area contributed by atoms with E-state index in [1.807, 2.05) is 30.3 Å². The lowest BCUT2D eigenvalue weighted by atomic mass is 10.0. The topological polar surface area (TPSA) is 43.4 Å². The van der Waals surface area contributed by atoms with Crippen LogP contribution >= 0.6 is 0 Å². The molecule has 0 saturated carbocycles. The maximum Gasteiger partial charge on any atom is 0.298 e. The number of ether oxygens (including phenoxy) is 1. The summed E-state index contributed by atoms with van der Waals surface area (Å²) in [4.78, 5) is 22.5. The van der Waals surface area contributed by atoms with Gasteiger partial charge in [0.15, 0.2) is 5.78 Å². The van der Waals surface area contributed by atoms with Crippen LogP contribution in [0.3, 0.4) is 0 Å². The van der Waals surface area contributed by atoms with Gasteiger partial charge in [-0.2, -0.15) is 0 Å². The third-order valence-corrected chi connectivity index (χ3v) is 2.57. The summed E-state index contributed by atoms with van der Waals surface area (Å²) < 4.78 is 4.79. The van der Waals surface area contributed by atoms with E-state index >= 15 is 0 Å². The van der Waals surface area contributed by atoms with Crippen molar-refractivity contribution in [2.75, 3.05) is 0 Å². The summed E-state index contributed by atoms with van der Waals surface area (Å²) in [7, 11) is 0. The highest BCUT2D eigenvalue weighted by Gasteiger charge is 2.12. The largest absolute Gasteiger partial charge is 0.428 e. The number of carbonyl (C=O) groups is 2. The monoisotopic (exact) mass is 240 g/mol. The molecule has 0 spiro atoms. The van der Waals surface area contributed by atoms with E-state index in [1.165, 1.54) is 0 Å². The zero-order valence-electron chi connectivity index (χ0n) is 9.71. The molecule has 0 heterocycles. The summed E-state index contributed by atoms with van der Waals surface area (Å²) in [5, 5.41) is 0. The van der Waals surface area contributed by atoms with Crippen LogP contribution in [0.1, 0.15) is 15.9 Å². The van der Waals surface area contributed by atoms with Crippen LogP contribution < -0.4 is 4.74 Å². The number of ketones is 1. The Balaban J connectivity index is 2.21. The predicted molar refractivity (Wildman–Crippen MR) is 67.6 cm³/mol. The second kappa shape index (κ2) is 5.77. The van der Waals surface area contributed by atoms with Crippen LogP contribution in [0.4, 0.5) is 0 Å². The van der Waals surface area contributed by atoms with Gasteiger partial charge in [0.25, 0.3) is 6.47 Å². The van der Waals surface area contributed by atoms with Crippen molar-refractivity contribution in [3.05, 3.63) is 65.7 Å². The van der Waals surface area contributed by atoms with Crippen LogP contribution in [0.15, 0.2) is 54.6 Å². The molecule has 3 nitrogen and oxygen atoms in total. The standard InChI is InChI=1S/C15H12O3/c16-11-18-15-9-5-4-8-13(15)14(17)10-12-6-2-1-3-7-12/h1-9,11H,10H2. The molecule has 2 aromatic rings. The average Bonchev–Trinajstić information content (AvgIpc) is 2.41. The molecule has 2 aromatic carbocycles. The lowest BCUT2D eigenvalue weighted by Crippen LogP contribution is -2.06. The van der Waals surface area contributed by atoms with E-state index in [1.54, 1.807) is 24.3 Å². The normalized spacial score (nSPS) is 9.78. The van der Waals surface area contributed by atoms with Gasteiger partial charge >= 0.3 is 0 Å². The van der Waals surface area contributed by atoms with Gasteiger partial charge < -0.3 is 4.74 Å². The minimum atomic E-state index is -0.0707. The Morgan fingerprint density at radius 1 is 1.00 bits per heavy atom. The smallest absolute Gasteiger partial charge is 0.298 e. The van der Waals surface area contributed by atoms with Gasteiger partial charge in [0.2, 0.25) is 0 Å². The highest BCUT2D eigenvalue weighted by Crippen LogP contribution is 2.19. The minimum Gasteiger partial charge on any atom is -0.428 e. The fourth-order valence-electron chi connectivity index (χ4n) is 1.73. The highest BCUT2D eigenvalue weighted by atomic mass is 16.5. The Kier molecular flexibility index (Phi) is 3.86. The summed E-state index contributed by atoms with van der Waals surface area (Å²) in [6.45, 7) is 0.328. The molecular formula is C15H12O3. The Morgan fingerprint density at radius 2 is 1.67 bits per heavy atom. The number of rotatable bonds is 5. The lowest BCUT2D eigenvalue weighted by Gasteiger charge is -2.06. The van der Waals surface area contributed by atoms with E-state index in [4.69, 9.17) is 4.74 Å². The molecule has 0 bridgehead atoms. The molecule has 0 aliphatic rings. The van der Waals surface area contributed by atoms with Crippen molar-refractivity contribution in [1.29, 1.82) is 0 Å². The van der Waals surface area contributed by atoms with E-state index in [2.05, 4.69) is 0 Å². The molecule has 90 valence electrons. The molecule has 0 aliphatic heterocycles. The van der Waals surface area contributed by atoms with Gasteiger partial charge in [-0.3, -0.25) is 9.59 Å². The van der Waals surface area contributed by atoms with Crippen molar-refractivity contribution in [2.45, 2.75) is 6.42 Å². The third-order valence-electron chi connectivity index (χ3n) is 2.57. The predicted octanol–water partition coefficient (Wildman–Crippen LogP) is 2.65. The Labute approximate surface area is 105 Å². The van der Waals surface area contributed by atoms with Crippen LogP contribution in [0, 0.1) is 0 Å². The zero-order chi connectivity index (χ0) is 12.8. The quantitative estimate of drug-likeness (QED) is 0.596. The molecule has 0 radical (unpaired) electrons. The van der Waals surface area contributed by atoms with Crippen molar-refractivity contribution < 1.29 is 14.3 Å². The van der Waals surface area contributed by atoms with Crippen molar-refractivity contribution in [2.24, 2.45) is 0 Å². The van der Waals surface area contributed by atoms with Crippen molar-refractivity contribution in [1.82, 2.24) is 0 Å². The molecule has 0 unspecified atom stereocenters. The fraction of sp³-hybridized carbons (Fsp3) is 0.0667. The zero-order valence-corrected chi connectivity index (χ0v) is 9.71. The number of hydrogen-bond donors (Lipinski definition) is 0. The van der Waals surface area contributed by atoms with E-state index in [9.17, 15) is 9.59 Å². The third kappa shape index (κ3) is 2.83. The summed E-state index contributed by atoms with van der Waals surface area (Å²) in [6, 6.07) is 16.2. The molecule has 0 amide bonds. The molecule has 0 fully saturated rings. The molecule has 0 atom stereocenters. The Morgan fingerprint density at radius 3 is 2.39 bits per heavy atom. The number of benzene rings is 2. The highest BCUT2D eigenvalue weighted by molar-refractivity contribution is 6.00. The van der Waals surface area contributed by atoms with Gasteiger partial charge in [0.1, 0.15) is 5.75 Å². The molecule has 2 rings (SSSR count). The molecule has 0 N–H and O–H groups in total. The Hall–Kier alpha value is -2.42. The first kappa shape index (κ1) is 12.0. The minimum absolute atomic E-state index is 0.0707. The second-order valence-electron chi connectivity index (χ2n) is 3.80. The maximum atomic E-state index is 12.1. The van der Waals surface area contributed by atoms with Crippen LogP contribution in [0.2, 0.25) is 0 Å². The molecule has 0 aromatic heterocycles. The van der Waals surface area contributed by atoms with E-state index in [0.29, 0.717) is 24.2 Å². The molecule has 0 aliphatic carbocycles. The summed E-state index contributed by atoms with van der Waals surface area (Å²) in [5.41, 5.74) is 1.36. The molecular weight excluding hydrogens is 228 g/mol. The first-order valence-corrected chi connectivity index (χ1v) is 5.57. The van der Waals surface area contributed by atoms with Crippen LogP contribution in [-0.4, -0.2) is 12.3 Å².